The molecule has 0 saturated carbocycles. The van der Waals surface area contributed by atoms with E-state index in [2.05, 4.69) is 4.98 Å². The molecule has 1 aromatic rings. The van der Waals surface area contributed by atoms with Crippen LogP contribution in [0.3, 0.4) is 0 Å². The van der Waals surface area contributed by atoms with Gasteiger partial charge in [-0.2, -0.15) is 0 Å². The molecule has 2 aliphatic heterocycles. The molecule has 1 N–H and O–H groups in total. The van der Waals surface area contributed by atoms with E-state index in [4.69, 9.17) is 9.47 Å². The number of aromatic nitrogens is 1. The third-order valence-corrected chi connectivity index (χ3v) is 3.55. The summed E-state index contributed by atoms with van der Waals surface area (Å²) in [6, 6.07) is 1.52. The Morgan fingerprint density at radius 1 is 1.42 bits per heavy atom. The molecule has 1 spiro atoms. The van der Waals surface area contributed by atoms with Crippen LogP contribution in [0.4, 0.5) is 0 Å². The first-order valence-electron chi connectivity index (χ1n) is 6.40. The minimum Gasteiger partial charge on any atom is -0.505 e. The topological polar surface area (TPSA) is 71.9 Å². The predicted molar refractivity (Wildman–Crippen MR) is 65.7 cm³/mol. The lowest BCUT2D eigenvalue weighted by molar-refractivity contribution is -0.183. The van der Waals surface area contributed by atoms with Crippen molar-refractivity contribution in [2.75, 3.05) is 26.3 Å². The maximum atomic E-state index is 12.4. The third kappa shape index (κ3) is 2.29. The number of rotatable bonds is 1. The zero-order valence-electron chi connectivity index (χ0n) is 10.5. The van der Waals surface area contributed by atoms with Crippen LogP contribution in [0.5, 0.6) is 5.75 Å². The second kappa shape index (κ2) is 4.79. The van der Waals surface area contributed by atoms with Crippen molar-refractivity contribution in [3.05, 3.63) is 24.0 Å². The summed E-state index contributed by atoms with van der Waals surface area (Å²) < 4.78 is 11.3. The van der Waals surface area contributed by atoms with E-state index in [1.54, 1.807) is 4.90 Å². The fourth-order valence-corrected chi connectivity index (χ4v) is 2.63. The highest BCUT2D eigenvalue weighted by molar-refractivity contribution is 5.96. The largest absolute Gasteiger partial charge is 0.505 e. The van der Waals surface area contributed by atoms with E-state index < -0.39 is 5.79 Å². The number of ether oxygens (including phenoxy) is 2. The zero-order valence-corrected chi connectivity index (χ0v) is 10.5. The van der Waals surface area contributed by atoms with E-state index in [1.807, 2.05) is 0 Å². The number of carbonyl (C=O) groups is 1. The molecular formula is C13H16N2O4. The molecule has 6 nitrogen and oxygen atoms in total. The van der Waals surface area contributed by atoms with Crippen LogP contribution < -0.4 is 0 Å². The molecule has 2 aliphatic rings. The fraction of sp³-hybridized carbons (Fsp3) is 0.538. The Morgan fingerprint density at radius 3 is 2.95 bits per heavy atom. The van der Waals surface area contributed by atoms with Gasteiger partial charge >= 0.3 is 0 Å². The average Bonchev–Trinajstić information content (AvgIpc) is 2.86. The Bertz CT molecular complexity index is 485. The fourth-order valence-electron chi connectivity index (χ4n) is 2.63. The zero-order chi connectivity index (χ0) is 13.3. The second-order valence-electron chi connectivity index (χ2n) is 4.83. The molecule has 102 valence electrons. The summed E-state index contributed by atoms with van der Waals surface area (Å²) in [6.07, 6.45) is 4.40. The lowest BCUT2D eigenvalue weighted by Gasteiger charge is -2.38. The Kier molecular flexibility index (Phi) is 3.12. The van der Waals surface area contributed by atoms with Gasteiger partial charge in [-0.25, -0.2) is 0 Å². The Labute approximate surface area is 111 Å². The van der Waals surface area contributed by atoms with Gasteiger partial charge in [0.15, 0.2) is 5.79 Å². The highest BCUT2D eigenvalue weighted by Crippen LogP contribution is 2.31. The molecule has 0 radical (unpaired) electrons. The molecule has 0 aliphatic carbocycles. The molecule has 0 aromatic carbocycles. The third-order valence-electron chi connectivity index (χ3n) is 3.55. The number of hydrogen-bond acceptors (Lipinski definition) is 5. The van der Waals surface area contributed by atoms with Crippen molar-refractivity contribution in [2.24, 2.45) is 0 Å². The molecule has 3 rings (SSSR count). The van der Waals surface area contributed by atoms with Crippen molar-refractivity contribution in [2.45, 2.75) is 18.6 Å². The summed E-state index contributed by atoms with van der Waals surface area (Å²) in [4.78, 5) is 17.8. The number of aromatic hydroxyl groups is 1. The summed E-state index contributed by atoms with van der Waals surface area (Å²) in [5, 5.41) is 9.70. The summed E-state index contributed by atoms with van der Waals surface area (Å²) in [6.45, 7) is 2.20. The first-order chi connectivity index (χ1) is 9.20. The first-order valence-corrected chi connectivity index (χ1v) is 6.40. The van der Waals surface area contributed by atoms with Gasteiger partial charge in [0.25, 0.3) is 5.91 Å². The van der Waals surface area contributed by atoms with Crippen LogP contribution >= 0.6 is 0 Å². The smallest absolute Gasteiger partial charge is 0.257 e. The molecule has 2 saturated heterocycles. The number of piperidine rings is 1. The molecule has 0 unspecified atom stereocenters. The van der Waals surface area contributed by atoms with Crippen LogP contribution in [-0.2, 0) is 9.47 Å². The minimum absolute atomic E-state index is 0.0969. The number of pyridine rings is 1. The quantitative estimate of drug-likeness (QED) is 0.811. The van der Waals surface area contributed by atoms with Gasteiger partial charge in [0, 0.05) is 19.2 Å². The van der Waals surface area contributed by atoms with Crippen LogP contribution in [0.1, 0.15) is 23.2 Å². The maximum absolute atomic E-state index is 12.4. The molecule has 6 heteroatoms. The average molecular weight is 264 g/mol. The van der Waals surface area contributed by atoms with Crippen molar-refractivity contribution in [1.29, 1.82) is 0 Å². The number of nitrogens with zero attached hydrogens (tertiary/aromatic N) is 2. The van der Waals surface area contributed by atoms with Crippen molar-refractivity contribution >= 4 is 5.91 Å². The maximum Gasteiger partial charge on any atom is 0.257 e. The van der Waals surface area contributed by atoms with Crippen LogP contribution in [0, 0.1) is 0 Å². The van der Waals surface area contributed by atoms with Crippen molar-refractivity contribution in [1.82, 2.24) is 9.88 Å². The number of carbonyl (C=O) groups excluding carboxylic acids is 1. The van der Waals surface area contributed by atoms with Crippen LogP contribution in [0.15, 0.2) is 18.5 Å². The SMILES string of the molecule is O=C(c1ccncc1O)N1CCCC2(C1)OCCO2. The number of hydrogen-bond donors (Lipinski definition) is 1. The van der Waals surface area contributed by atoms with E-state index in [-0.39, 0.29) is 17.2 Å². The van der Waals surface area contributed by atoms with Gasteiger partial charge < -0.3 is 19.5 Å². The van der Waals surface area contributed by atoms with Gasteiger partial charge in [-0.15, -0.1) is 0 Å². The summed E-state index contributed by atoms with van der Waals surface area (Å²) in [5.74, 6) is -0.949. The predicted octanol–water partition coefficient (Wildman–Crippen LogP) is 0.766. The van der Waals surface area contributed by atoms with Gasteiger partial charge in [-0.1, -0.05) is 0 Å². The Balaban J connectivity index is 1.78. The molecule has 2 fully saturated rings. The Hall–Kier alpha value is -1.66. The molecule has 1 amide bonds. The minimum atomic E-state index is -0.642. The molecule has 0 bridgehead atoms. The van der Waals surface area contributed by atoms with E-state index in [9.17, 15) is 9.90 Å². The van der Waals surface area contributed by atoms with Crippen LogP contribution in [0.25, 0.3) is 0 Å². The first kappa shape index (κ1) is 12.4. The van der Waals surface area contributed by atoms with Crippen molar-refractivity contribution in [3.63, 3.8) is 0 Å². The number of likely N-dealkylation sites (tertiary alicyclic amines) is 1. The van der Waals surface area contributed by atoms with Gasteiger partial charge in [-0.3, -0.25) is 9.78 Å². The van der Waals surface area contributed by atoms with Crippen molar-refractivity contribution in [3.8, 4) is 5.75 Å². The number of amides is 1. The van der Waals surface area contributed by atoms with Gasteiger partial charge in [0.05, 0.1) is 31.5 Å². The highest BCUT2D eigenvalue weighted by atomic mass is 16.7. The normalized spacial score (nSPS) is 21.8. The second-order valence-corrected chi connectivity index (χ2v) is 4.83. The lowest BCUT2D eigenvalue weighted by Crippen LogP contribution is -2.51. The monoisotopic (exact) mass is 264 g/mol. The van der Waals surface area contributed by atoms with E-state index >= 15 is 0 Å². The summed E-state index contributed by atoms with van der Waals surface area (Å²) >= 11 is 0. The Morgan fingerprint density at radius 2 is 2.21 bits per heavy atom. The van der Waals surface area contributed by atoms with E-state index in [1.165, 1.54) is 18.5 Å². The molecular weight excluding hydrogens is 248 g/mol. The molecule has 3 heterocycles. The van der Waals surface area contributed by atoms with Gasteiger partial charge in [0.2, 0.25) is 0 Å². The van der Waals surface area contributed by atoms with E-state index in [0.29, 0.717) is 26.3 Å². The van der Waals surface area contributed by atoms with Crippen molar-refractivity contribution < 1.29 is 19.4 Å². The standard InChI is InChI=1S/C13H16N2O4/c16-11-8-14-4-2-10(11)12(17)15-5-1-3-13(9-15)18-6-7-19-13/h2,4,8,16H,1,3,5-7,9H2. The van der Waals surface area contributed by atoms with Gasteiger partial charge in [-0.05, 0) is 12.5 Å². The highest BCUT2D eigenvalue weighted by Gasteiger charge is 2.42. The lowest BCUT2D eigenvalue weighted by atomic mass is 10.0. The van der Waals surface area contributed by atoms with Crippen LogP contribution in [-0.4, -0.2) is 53.0 Å². The summed E-state index contributed by atoms with van der Waals surface area (Å²) in [5.41, 5.74) is 0.269. The molecule has 19 heavy (non-hydrogen) atoms. The van der Waals surface area contributed by atoms with Gasteiger partial charge in [0.1, 0.15) is 5.75 Å². The molecule has 1 aromatic heterocycles. The van der Waals surface area contributed by atoms with E-state index in [0.717, 1.165) is 12.8 Å². The van der Waals surface area contributed by atoms with Crippen LogP contribution in [0.2, 0.25) is 0 Å². The molecule has 0 atom stereocenters. The summed E-state index contributed by atoms with van der Waals surface area (Å²) in [7, 11) is 0.